The number of hydrogen-bond donors (Lipinski definition) is 5. The Morgan fingerprint density at radius 3 is 1.94 bits per heavy atom. The van der Waals surface area contributed by atoms with E-state index in [4.69, 9.17) is 39.6 Å². The number of carbonyl (C=O) groups is 2. The van der Waals surface area contributed by atoms with Crippen molar-refractivity contribution in [3.05, 3.63) is 65.2 Å². The van der Waals surface area contributed by atoms with E-state index in [1.54, 1.807) is 49.4 Å². The second-order valence-corrected chi connectivity index (χ2v) is 7.23. The molecule has 2 aromatic rings. The number of aromatic hydroxyl groups is 1. The van der Waals surface area contributed by atoms with Crippen LogP contribution in [0.25, 0.3) is 0 Å². The van der Waals surface area contributed by atoms with Crippen LogP contribution < -0.4 is 0 Å². The Balaban J connectivity index is 0.000000993. The zero-order valence-electron chi connectivity index (χ0n) is 32.3. The topological polar surface area (TPSA) is 139 Å². The molecule has 0 radical (unpaired) electrons. The van der Waals surface area contributed by atoms with Gasteiger partial charge in [0.25, 0.3) is 0 Å². The average molecular weight is 490 g/mol. The first kappa shape index (κ1) is 13.8. The predicted molar refractivity (Wildman–Crippen MR) is 130 cm³/mol. The van der Waals surface area contributed by atoms with E-state index in [1.807, 2.05) is 0 Å². The number of nitrogens with zero attached hydrogens (tertiary/aromatic N) is 1. The van der Waals surface area contributed by atoms with E-state index >= 15 is 0 Å². The molecule has 0 aliphatic carbocycles. The first-order valence-electron chi connectivity index (χ1n) is 16.9. The van der Waals surface area contributed by atoms with Crippen molar-refractivity contribution in [3.8, 4) is 5.75 Å². The van der Waals surface area contributed by atoms with Crippen molar-refractivity contribution in [1.82, 2.24) is 4.90 Å². The number of benzene rings is 2. The zero-order valence-corrected chi connectivity index (χ0v) is 18.3. The number of aliphatic carboxylic acids is 2. The summed E-state index contributed by atoms with van der Waals surface area (Å²) in [5.41, 5.74) is 1.66. The van der Waals surface area contributed by atoms with Crippen molar-refractivity contribution >= 4 is 11.9 Å². The first-order valence-corrected chi connectivity index (χ1v) is 9.90. The van der Waals surface area contributed by atoms with Crippen LogP contribution in [0.3, 0.4) is 0 Å². The highest BCUT2D eigenvalue weighted by atomic mass is 16.4. The Labute approximate surface area is 220 Å². The summed E-state index contributed by atoms with van der Waals surface area (Å²) in [5.74, 6) is -4.48. The maximum Gasteiger partial charge on any atom is 0.335 e. The molecule has 8 nitrogen and oxygen atoms in total. The van der Waals surface area contributed by atoms with Crippen LogP contribution in [0.4, 0.5) is 0 Å². The van der Waals surface area contributed by atoms with Crippen molar-refractivity contribution in [2.75, 3.05) is 6.54 Å². The molecule has 188 valence electrons. The van der Waals surface area contributed by atoms with E-state index in [0.717, 1.165) is 5.56 Å². The van der Waals surface area contributed by atoms with Crippen molar-refractivity contribution in [2.24, 2.45) is 0 Å². The van der Waals surface area contributed by atoms with Crippen LogP contribution in [-0.2, 0) is 9.59 Å². The van der Waals surface area contributed by atoms with E-state index in [-0.39, 0.29) is 17.1 Å². The molecule has 0 aliphatic rings. The Hall–Kier alpha value is -2.94. The van der Waals surface area contributed by atoms with Gasteiger partial charge in [-0.3, -0.25) is 4.90 Å². The van der Waals surface area contributed by atoms with E-state index in [2.05, 4.69) is 0 Å². The molecule has 3 atom stereocenters. The molecule has 0 bridgehead atoms. The van der Waals surface area contributed by atoms with Gasteiger partial charge in [-0.25, -0.2) is 9.59 Å². The lowest BCUT2D eigenvalue weighted by Crippen LogP contribution is -2.39. The smallest absolute Gasteiger partial charge is 0.335 e. The van der Waals surface area contributed by atoms with Crippen LogP contribution in [0.15, 0.2) is 48.5 Å². The molecule has 0 saturated heterocycles. The minimum Gasteiger partial charge on any atom is -0.508 e. The molecule has 8 heteroatoms. The molecule has 2 unspecified atom stereocenters. The number of carboxylic acid groups (broad SMARTS) is 2. The van der Waals surface area contributed by atoms with E-state index < -0.39 is 76.1 Å². The summed E-state index contributed by atoms with van der Waals surface area (Å²) >= 11 is 0. The van der Waals surface area contributed by atoms with Crippen LogP contribution in [0.1, 0.15) is 75.6 Å². The molecule has 34 heavy (non-hydrogen) atoms. The Morgan fingerprint density at radius 2 is 1.47 bits per heavy atom. The van der Waals surface area contributed by atoms with Gasteiger partial charge in [0, 0.05) is 42.7 Å². The molecule has 0 aliphatic heterocycles. The molecule has 2 rings (SSSR count). The number of hydrogen-bond acceptors (Lipinski definition) is 6. The fourth-order valence-corrected chi connectivity index (χ4v) is 3.00. The summed E-state index contributed by atoms with van der Waals surface area (Å²) in [6, 6.07) is 5.61. The number of aliphatic hydroxyl groups is 2. The number of phenols is 1. The summed E-state index contributed by atoms with van der Waals surface area (Å²) in [6.45, 7) is -14.1. The fourth-order valence-electron chi connectivity index (χ4n) is 3.00. The second kappa shape index (κ2) is 13.7. The molecule has 0 amide bonds. The molecular weight excluding hydrogens is 438 g/mol. The van der Waals surface area contributed by atoms with Gasteiger partial charge in [-0.15, -0.1) is 0 Å². The van der Waals surface area contributed by atoms with Gasteiger partial charge in [0.2, 0.25) is 0 Å². The maximum atomic E-state index is 10.6. The lowest BCUT2D eigenvalue weighted by molar-refractivity contribution is -0.165. The van der Waals surface area contributed by atoms with Gasteiger partial charge in [-0.05, 0) is 58.9 Å². The molecular formula is C26H37NO7. The van der Waals surface area contributed by atoms with E-state index in [1.165, 1.54) is 6.07 Å². The Kier molecular flexibility index (Phi) is 5.57. The maximum absolute atomic E-state index is 10.6. The summed E-state index contributed by atoms with van der Waals surface area (Å²) in [4.78, 5) is 19.5. The number of carboxylic acids is 2. The quantitative estimate of drug-likeness (QED) is 0.343. The largest absolute Gasteiger partial charge is 0.508 e. The van der Waals surface area contributed by atoms with Gasteiger partial charge >= 0.3 is 11.9 Å². The Morgan fingerprint density at radius 1 is 0.941 bits per heavy atom. The highest BCUT2D eigenvalue weighted by Crippen LogP contribution is 2.35. The van der Waals surface area contributed by atoms with Crippen molar-refractivity contribution in [2.45, 2.75) is 70.9 Å². The highest BCUT2D eigenvalue weighted by molar-refractivity contribution is 5.83. The van der Waals surface area contributed by atoms with E-state index in [0.29, 0.717) is 11.1 Å². The number of aliphatic hydroxyl groups excluding tert-OH is 2. The van der Waals surface area contributed by atoms with Crippen LogP contribution in [0.5, 0.6) is 5.75 Å². The predicted octanol–water partition coefficient (Wildman–Crippen LogP) is 3.22. The van der Waals surface area contributed by atoms with Crippen molar-refractivity contribution in [3.63, 3.8) is 0 Å². The molecule has 0 fully saturated rings. The number of aryl methyl sites for hydroxylation is 1. The summed E-state index contributed by atoms with van der Waals surface area (Å²) in [5, 5.41) is 43.1. The van der Waals surface area contributed by atoms with Crippen molar-refractivity contribution < 1.29 is 54.3 Å². The molecule has 0 saturated carbocycles. The van der Waals surface area contributed by atoms with Crippen LogP contribution in [0.2, 0.25) is 0 Å². The van der Waals surface area contributed by atoms with Gasteiger partial charge in [-0.1, -0.05) is 48.0 Å². The molecule has 2 aromatic carbocycles. The van der Waals surface area contributed by atoms with Crippen LogP contribution in [0, 0.1) is 6.92 Å². The normalized spacial score (nSPS) is 22.0. The lowest BCUT2D eigenvalue weighted by Gasteiger charge is -2.32. The SMILES string of the molecule is O=C(O)C(O)C(O)C(=O)O.[2H]C([2H])([2H])C([2H])(N(CC[C@H](c1ccccc1)c1cc(C)ccc1O)C([2H])(C([2H])([2H])[2H])C([2H])([2H])[2H])C([2H])([2H])[2H]. The number of phenolic OH excluding ortho intramolecular Hbond substituents is 1. The first-order chi connectivity index (χ1) is 21.5. The third-order valence-corrected chi connectivity index (χ3v) is 4.75. The van der Waals surface area contributed by atoms with Gasteiger partial charge < -0.3 is 25.5 Å². The molecule has 0 spiro atoms. The van der Waals surface area contributed by atoms with Gasteiger partial charge in [0.15, 0.2) is 12.2 Å². The highest BCUT2D eigenvalue weighted by Gasteiger charge is 2.29. The summed E-state index contributed by atoms with van der Waals surface area (Å²) in [7, 11) is 0. The van der Waals surface area contributed by atoms with Gasteiger partial charge in [-0.2, -0.15) is 0 Å². The van der Waals surface area contributed by atoms with Crippen LogP contribution >= 0.6 is 0 Å². The summed E-state index contributed by atoms with van der Waals surface area (Å²) in [6.07, 6.45) is -4.85. The molecule has 5 N–H and O–H groups in total. The van der Waals surface area contributed by atoms with Crippen molar-refractivity contribution in [1.29, 1.82) is 0 Å². The monoisotopic (exact) mass is 489 g/mol. The second-order valence-electron chi connectivity index (χ2n) is 7.23. The van der Waals surface area contributed by atoms with E-state index in [9.17, 15) is 14.7 Å². The Bertz CT molecular complexity index is 1310. The summed E-state index contributed by atoms with van der Waals surface area (Å²) < 4.78 is 112. The standard InChI is InChI=1S/C22H31NO.C4H6O6/c1-16(2)23(17(3)4)14-13-20(19-9-7-6-8-10-19)21-15-18(5)11-12-22(21)24;5-1(3(7)8)2(6)4(9)10/h6-12,15-17,20,24H,13-14H2,1-5H3;1-2,5-6H,(H,7,8)(H,9,10)/t20-;/m1./s1/i1D3,2D3,3D3,4D3,16D,17D;. The zero-order chi connectivity index (χ0) is 37.8. The number of rotatable bonds is 10. The molecule has 0 heterocycles. The third-order valence-electron chi connectivity index (χ3n) is 4.75. The fraction of sp³-hybridized carbons (Fsp3) is 0.462. The average Bonchev–Trinajstić information content (AvgIpc) is 2.93. The van der Waals surface area contributed by atoms with Gasteiger partial charge in [0.05, 0.1) is 0 Å². The lowest BCUT2D eigenvalue weighted by atomic mass is 9.87. The van der Waals surface area contributed by atoms with Crippen LogP contribution in [-0.4, -0.2) is 73.2 Å². The molecule has 0 aromatic heterocycles. The van der Waals surface area contributed by atoms with Gasteiger partial charge in [0.1, 0.15) is 5.75 Å². The minimum absolute atomic E-state index is 0.0250. The third kappa shape index (κ3) is 8.78. The minimum atomic E-state index is -3.78.